The van der Waals surface area contributed by atoms with Crippen molar-refractivity contribution in [3.8, 4) is 0 Å². The Balaban J connectivity index is 1.58. The molecule has 1 unspecified atom stereocenters. The number of hydrogen-bond donors (Lipinski definition) is 2. The van der Waals surface area contributed by atoms with Crippen LogP contribution in [0.25, 0.3) is 0 Å². The predicted octanol–water partition coefficient (Wildman–Crippen LogP) is 2.43. The van der Waals surface area contributed by atoms with E-state index in [0.717, 1.165) is 12.0 Å². The zero-order valence-corrected chi connectivity index (χ0v) is 17.0. The second kappa shape index (κ2) is 10.6. The number of likely N-dealkylation sites (N-methyl/N-ethyl adjacent to an activating group) is 1. The Hall–Kier alpha value is -2.86. The van der Waals surface area contributed by atoms with E-state index in [9.17, 15) is 9.59 Å². The van der Waals surface area contributed by atoms with Gasteiger partial charge in [-0.05, 0) is 24.5 Å². The van der Waals surface area contributed by atoms with Crippen LogP contribution in [0, 0.1) is 0 Å². The van der Waals surface area contributed by atoms with Gasteiger partial charge in [0.2, 0.25) is 5.91 Å². The van der Waals surface area contributed by atoms with Crippen LogP contribution in [0.2, 0.25) is 0 Å². The van der Waals surface area contributed by atoms with Gasteiger partial charge in [-0.1, -0.05) is 60.7 Å². The Bertz CT molecular complexity index is 774. The molecule has 0 bridgehead atoms. The van der Waals surface area contributed by atoms with Crippen molar-refractivity contribution in [1.82, 2.24) is 20.4 Å². The highest BCUT2D eigenvalue weighted by Crippen LogP contribution is 2.19. The topological polar surface area (TPSA) is 64.7 Å². The van der Waals surface area contributed by atoms with E-state index in [2.05, 4.69) is 39.8 Å². The summed E-state index contributed by atoms with van der Waals surface area (Å²) < 4.78 is 0. The molecule has 29 heavy (non-hydrogen) atoms. The summed E-state index contributed by atoms with van der Waals surface area (Å²) in [5, 5.41) is 6.04. The van der Waals surface area contributed by atoms with E-state index in [0.29, 0.717) is 39.3 Å². The highest BCUT2D eigenvalue weighted by atomic mass is 16.2. The molecule has 1 aliphatic heterocycles. The zero-order valence-electron chi connectivity index (χ0n) is 17.0. The van der Waals surface area contributed by atoms with E-state index < -0.39 is 0 Å². The van der Waals surface area contributed by atoms with Crippen molar-refractivity contribution in [2.24, 2.45) is 0 Å². The van der Waals surface area contributed by atoms with Gasteiger partial charge in [-0.15, -0.1) is 0 Å². The minimum absolute atomic E-state index is 0.0393. The van der Waals surface area contributed by atoms with Crippen molar-refractivity contribution in [3.63, 3.8) is 0 Å². The van der Waals surface area contributed by atoms with Crippen molar-refractivity contribution in [3.05, 3.63) is 71.8 Å². The summed E-state index contributed by atoms with van der Waals surface area (Å²) in [5.41, 5.74) is 2.29. The number of nitrogens with one attached hydrogen (secondary N) is 2. The number of rotatable bonds is 7. The maximum atomic E-state index is 12.9. The van der Waals surface area contributed by atoms with Gasteiger partial charge >= 0.3 is 6.03 Å². The van der Waals surface area contributed by atoms with Gasteiger partial charge in [-0.25, -0.2) is 4.79 Å². The van der Waals surface area contributed by atoms with Crippen LogP contribution in [0.1, 0.15) is 24.1 Å². The number of benzene rings is 2. The van der Waals surface area contributed by atoms with Crippen LogP contribution in [0.15, 0.2) is 60.7 Å². The highest BCUT2D eigenvalue weighted by Gasteiger charge is 2.24. The van der Waals surface area contributed by atoms with Crippen LogP contribution in [0.3, 0.4) is 0 Å². The lowest BCUT2D eigenvalue weighted by Gasteiger charge is -2.35. The first-order chi connectivity index (χ1) is 14.2. The summed E-state index contributed by atoms with van der Waals surface area (Å²) >= 11 is 0. The lowest BCUT2D eigenvalue weighted by Crippen LogP contribution is -2.53. The molecule has 1 fully saturated rings. The molecule has 154 valence electrons. The molecule has 3 rings (SSSR count). The molecule has 1 atom stereocenters. The molecular weight excluding hydrogens is 364 g/mol. The van der Waals surface area contributed by atoms with Crippen LogP contribution in [-0.4, -0.2) is 61.0 Å². The lowest BCUT2D eigenvalue weighted by atomic mass is 9.99. The summed E-state index contributed by atoms with van der Waals surface area (Å²) in [5.74, 6) is 0.0393. The van der Waals surface area contributed by atoms with Crippen LogP contribution in [0.4, 0.5) is 4.79 Å². The monoisotopic (exact) mass is 394 g/mol. The second-order valence-electron chi connectivity index (χ2n) is 7.32. The maximum absolute atomic E-state index is 12.9. The van der Waals surface area contributed by atoms with Gasteiger partial charge in [0, 0.05) is 32.7 Å². The Kier molecular flexibility index (Phi) is 7.64. The Morgan fingerprint density at radius 2 is 1.55 bits per heavy atom. The van der Waals surface area contributed by atoms with Crippen LogP contribution < -0.4 is 10.6 Å². The fourth-order valence-electron chi connectivity index (χ4n) is 3.59. The normalized spacial score (nSPS) is 15.6. The number of amides is 3. The quantitative estimate of drug-likeness (QED) is 0.758. The van der Waals surface area contributed by atoms with Crippen molar-refractivity contribution < 1.29 is 9.59 Å². The number of urea groups is 1. The van der Waals surface area contributed by atoms with Crippen molar-refractivity contribution in [2.75, 3.05) is 39.3 Å². The Labute approximate surface area is 172 Å². The van der Waals surface area contributed by atoms with Crippen LogP contribution in [0.5, 0.6) is 0 Å². The standard InChI is InChI=1S/C23H30N4O2/c1-2-24-22(28)18-26-13-15-27(16-14-26)23(29)25-21(20-11-7-4-8-12-20)17-19-9-5-3-6-10-19/h3-12,21H,2,13-18H2,1H3,(H,24,28)(H,25,29). The number of nitrogens with zero attached hydrogens (tertiary/aromatic N) is 2. The van der Waals surface area contributed by atoms with Crippen LogP contribution in [-0.2, 0) is 11.2 Å². The molecule has 0 aromatic heterocycles. The van der Waals surface area contributed by atoms with Gasteiger partial charge in [0.1, 0.15) is 0 Å². The van der Waals surface area contributed by atoms with Crippen LogP contribution >= 0.6 is 0 Å². The third kappa shape index (κ3) is 6.32. The summed E-state index contributed by atoms with van der Waals surface area (Å²) in [4.78, 5) is 28.6. The van der Waals surface area contributed by atoms with E-state index in [-0.39, 0.29) is 18.0 Å². The smallest absolute Gasteiger partial charge is 0.317 e. The molecule has 2 aromatic carbocycles. The third-order valence-corrected chi connectivity index (χ3v) is 5.18. The van der Waals surface area contributed by atoms with E-state index in [1.165, 1.54) is 5.56 Å². The van der Waals surface area contributed by atoms with Crippen molar-refractivity contribution in [2.45, 2.75) is 19.4 Å². The van der Waals surface area contributed by atoms with Gasteiger partial charge in [-0.2, -0.15) is 0 Å². The fraction of sp³-hybridized carbons (Fsp3) is 0.391. The molecule has 0 spiro atoms. The summed E-state index contributed by atoms with van der Waals surface area (Å²) in [7, 11) is 0. The highest BCUT2D eigenvalue weighted by molar-refractivity contribution is 5.78. The molecule has 1 aliphatic rings. The number of hydrogen-bond acceptors (Lipinski definition) is 3. The van der Waals surface area contributed by atoms with Gasteiger partial charge in [0.05, 0.1) is 12.6 Å². The number of carbonyl (C=O) groups is 2. The molecule has 2 N–H and O–H groups in total. The molecule has 1 saturated heterocycles. The second-order valence-corrected chi connectivity index (χ2v) is 7.32. The summed E-state index contributed by atoms with van der Waals surface area (Å²) in [6, 6.07) is 20.2. The van der Waals surface area contributed by atoms with Crippen molar-refractivity contribution in [1.29, 1.82) is 0 Å². The van der Waals surface area contributed by atoms with Crippen molar-refractivity contribution >= 4 is 11.9 Å². The molecule has 6 heteroatoms. The predicted molar refractivity (Wildman–Crippen MR) is 115 cm³/mol. The van der Waals surface area contributed by atoms with Gasteiger partial charge in [0.15, 0.2) is 0 Å². The molecule has 2 aromatic rings. The van der Waals surface area contributed by atoms with Gasteiger partial charge in [0.25, 0.3) is 0 Å². The molecule has 6 nitrogen and oxygen atoms in total. The Morgan fingerprint density at radius 3 is 2.17 bits per heavy atom. The van der Waals surface area contributed by atoms with E-state index >= 15 is 0 Å². The average Bonchev–Trinajstić information content (AvgIpc) is 2.75. The first kappa shape index (κ1) is 20.9. The summed E-state index contributed by atoms with van der Waals surface area (Å²) in [6.07, 6.45) is 0.744. The van der Waals surface area contributed by atoms with Gasteiger partial charge < -0.3 is 15.5 Å². The fourth-order valence-corrected chi connectivity index (χ4v) is 3.59. The average molecular weight is 395 g/mol. The minimum atomic E-state index is -0.0838. The number of carbonyl (C=O) groups excluding carboxylic acids is 2. The molecule has 0 aliphatic carbocycles. The molecule has 0 saturated carbocycles. The van der Waals surface area contributed by atoms with Gasteiger partial charge in [-0.3, -0.25) is 9.69 Å². The van der Waals surface area contributed by atoms with E-state index in [1.807, 2.05) is 48.2 Å². The third-order valence-electron chi connectivity index (χ3n) is 5.18. The van der Waals surface area contributed by atoms with E-state index in [4.69, 9.17) is 0 Å². The lowest BCUT2D eigenvalue weighted by molar-refractivity contribution is -0.122. The number of piperazine rings is 1. The molecule has 0 radical (unpaired) electrons. The molecular formula is C23H30N4O2. The molecule has 1 heterocycles. The Morgan fingerprint density at radius 1 is 0.931 bits per heavy atom. The summed E-state index contributed by atoms with van der Waals surface area (Å²) in [6.45, 7) is 5.61. The first-order valence-electron chi connectivity index (χ1n) is 10.3. The SMILES string of the molecule is CCNC(=O)CN1CCN(C(=O)NC(Cc2ccccc2)c2ccccc2)CC1. The first-order valence-corrected chi connectivity index (χ1v) is 10.3. The zero-order chi connectivity index (χ0) is 20.5. The largest absolute Gasteiger partial charge is 0.355 e. The maximum Gasteiger partial charge on any atom is 0.317 e. The minimum Gasteiger partial charge on any atom is -0.355 e. The molecule has 3 amide bonds. The van der Waals surface area contributed by atoms with E-state index in [1.54, 1.807) is 0 Å².